The van der Waals surface area contributed by atoms with E-state index in [0.717, 1.165) is 13.2 Å². The molecule has 0 aromatic rings. The van der Waals surface area contributed by atoms with Crippen molar-refractivity contribution in [2.75, 3.05) is 13.2 Å². The van der Waals surface area contributed by atoms with E-state index in [-0.39, 0.29) is 29.8 Å². The van der Waals surface area contributed by atoms with Gasteiger partial charge in [0.1, 0.15) is 0 Å². The molecule has 0 rings (SSSR count). The molecule has 0 atom stereocenters. The van der Waals surface area contributed by atoms with E-state index in [2.05, 4.69) is 13.8 Å². The van der Waals surface area contributed by atoms with E-state index in [1.54, 1.807) is 0 Å². The van der Waals surface area contributed by atoms with Gasteiger partial charge in [-0.05, 0) is 13.8 Å². The van der Waals surface area contributed by atoms with Gasteiger partial charge in [0.25, 0.3) is 0 Å². The molecule has 72 valence electrons. The minimum Gasteiger partial charge on any atom is -0.382 e. The summed E-state index contributed by atoms with van der Waals surface area (Å²) in [6.45, 7) is 10.0. The van der Waals surface area contributed by atoms with E-state index in [9.17, 15) is 0 Å². The highest BCUT2D eigenvalue weighted by Gasteiger charge is 1.64. The van der Waals surface area contributed by atoms with Gasteiger partial charge in [0.05, 0.1) is 0 Å². The first-order valence-corrected chi connectivity index (χ1v) is 3.91. The quantitative estimate of drug-likeness (QED) is 0.632. The molecule has 3 heteroatoms. The van der Waals surface area contributed by atoms with Gasteiger partial charge in [-0.1, -0.05) is 26.7 Å². The van der Waals surface area contributed by atoms with Crippen LogP contribution in [-0.4, -0.2) is 30.6 Å². The molecule has 0 spiro atoms. The van der Waals surface area contributed by atoms with Gasteiger partial charge in [0.2, 0.25) is 0 Å². The summed E-state index contributed by atoms with van der Waals surface area (Å²) >= 11 is 0. The van der Waals surface area contributed by atoms with Gasteiger partial charge >= 0.3 is 0 Å². The molecule has 0 aliphatic heterocycles. The van der Waals surface area contributed by atoms with Crippen molar-refractivity contribution in [2.45, 2.75) is 40.5 Å². The highest BCUT2D eigenvalue weighted by atomic mass is 35.5. The molecule has 0 N–H and O–H groups in total. The summed E-state index contributed by atoms with van der Waals surface area (Å²) in [4.78, 5) is 0. The van der Waals surface area contributed by atoms with Crippen LogP contribution in [0.15, 0.2) is 0 Å². The lowest BCUT2D eigenvalue weighted by Gasteiger charge is -1.86. The van der Waals surface area contributed by atoms with E-state index in [0.29, 0.717) is 0 Å². The first-order chi connectivity index (χ1) is 4.33. The van der Waals surface area contributed by atoms with Crippen molar-refractivity contribution in [3.05, 3.63) is 0 Å². The third-order valence-electron chi connectivity index (χ3n) is 0.908. The number of rotatable bonds is 3. The van der Waals surface area contributed by atoms with Crippen molar-refractivity contribution in [2.24, 2.45) is 0 Å². The second-order valence-electron chi connectivity index (χ2n) is 1.78. The van der Waals surface area contributed by atoms with Gasteiger partial charge in [0.15, 0.2) is 17.4 Å². The molecule has 0 fully saturated rings. The van der Waals surface area contributed by atoms with Gasteiger partial charge in [-0.25, -0.2) is 0 Å². The van der Waals surface area contributed by atoms with Crippen molar-refractivity contribution < 1.29 is 4.74 Å². The highest BCUT2D eigenvalue weighted by molar-refractivity contribution is 5.85. The van der Waals surface area contributed by atoms with Crippen molar-refractivity contribution in [1.82, 2.24) is 0 Å². The lowest BCUT2D eigenvalue weighted by atomic mass is 10.4. The van der Waals surface area contributed by atoms with Crippen LogP contribution in [0.1, 0.15) is 40.5 Å². The second kappa shape index (κ2) is 30.9. The number of unbranched alkanes of at least 4 members (excludes halogenated alkanes) is 1. The standard InChI is InChI=1S/C4H10O.C4H10.Al.ClH.3H/c1-3-5-4-2;1-3-4-2;;;;;/h3-4H2,1-2H3;3-4H2,1-2H3;;1H;;;. The summed E-state index contributed by atoms with van der Waals surface area (Å²) in [5.41, 5.74) is 0. The fraction of sp³-hybridized carbons (Fsp3) is 1.00. The predicted octanol–water partition coefficient (Wildman–Crippen LogP) is 2.09. The topological polar surface area (TPSA) is 9.23 Å². The van der Waals surface area contributed by atoms with E-state index >= 15 is 0 Å². The summed E-state index contributed by atoms with van der Waals surface area (Å²) in [5.74, 6) is 0. The fourth-order valence-electron chi connectivity index (χ4n) is 0.204. The van der Waals surface area contributed by atoms with Crippen molar-refractivity contribution in [1.29, 1.82) is 0 Å². The lowest BCUT2D eigenvalue weighted by molar-refractivity contribution is 0.162. The Kier molecular flexibility index (Phi) is 63.5. The first-order valence-electron chi connectivity index (χ1n) is 3.91. The Morgan fingerprint density at radius 1 is 0.818 bits per heavy atom. The molecule has 0 aliphatic rings. The van der Waals surface area contributed by atoms with Gasteiger partial charge in [-0.2, -0.15) is 0 Å². The summed E-state index contributed by atoms with van der Waals surface area (Å²) in [7, 11) is 0. The zero-order chi connectivity index (χ0) is 7.54. The summed E-state index contributed by atoms with van der Waals surface area (Å²) < 4.78 is 4.83. The molecule has 0 saturated heterocycles. The van der Waals surface area contributed by atoms with Crippen LogP contribution in [0.5, 0.6) is 0 Å². The van der Waals surface area contributed by atoms with Gasteiger partial charge in [-0.15, -0.1) is 12.4 Å². The maximum absolute atomic E-state index is 4.83. The molecule has 0 aromatic heterocycles. The molecule has 1 nitrogen and oxygen atoms in total. The van der Waals surface area contributed by atoms with Crippen LogP contribution in [0.3, 0.4) is 0 Å². The smallest absolute Gasteiger partial charge is 0.187 e. The van der Waals surface area contributed by atoms with E-state index in [1.807, 2.05) is 13.8 Å². The molecule has 0 aliphatic carbocycles. The summed E-state index contributed by atoms with van der Waals surface area (Å²) in [6.07, 6.45) is 2.64. The number of ether oxygens (including phenoxy) is 1. The number of hydrogen-bond donors (Lipinski definition) is 0. The number of halogens is 1. The van der Waals surface area contributed by atoms with E-state index in [1.165, 1.54) is 12.8 Å². The zero-order valence-corrected chi connectivity index (χ0v) is 8.46. The van der Waals surface area contributed by atoms with E-state index < -0.39 is 0 Å². The molecular weight excluding hydrogens is 175 g/mol. The summed E-state index contributed by atoms with van der Waals surface area (Å²) in [5, 5.41) is 0. The third-order valence-corrected chi connectivity index (χ3v) is 0.908. The molecular formula is C8H24AlClO. The molecule has 0 amide bonds. The zero-order valence-electron chi connectivity index (χ0n) is 7.64. The summed E-state index contributed by atoms with van der Waals surface area (Å²) in [6, 6.07) is 0. The van der Waals surface area contributed by atoms with Crippen molar-refractivity contribution >= 4 is 29.8 Å². The van der Waals surface area contributed by atoms with Crippen LogP contribution in [-0.2, 0) is 4.74 Å². The van der Waals surface area contributed by atoms with Crippen LogP contribution >= 0.6 is 12.4 Å². The third kappa shape index (κ3) is 58.1. The monoisotopic (exact) mass is 198 g/mol. The Hall–Kier alpha value is 0.782. The Balaban J connectivity index is -0.0000000383. The Morgan fingerprint density at radius 2 is 1.09 bits per heavy atom. The van der Waals surface area contributed by atoms with Crippen molar-refractivity contribution in [3.8, 4) is 0 Å². The van der Waals surface area contributed by atoms with Crippen LogP contribution in [0.4, 0.5) is 0 Å². The Morgan fingerprint density at radius 3 is 1.09 bits per heavy atom. The SMILES string of the molecule is CCCC.CCOCC.Cl.[AlH3]. The Labute approximate surface area is 88.4 Å². The maximum Gasteiger partial charge on any atom is 0.187 e. The van der Waals surface area contributed by atoms with Crippen LogP contribution in [0, 0.1) is 0 Å². The average molecular weight is 199 g/mol. The minimum absolute atomic E-state index is 0. The van der Waals surface area contributed by atoms with Gasteiger partial charge < -0.3 is 4.74 Å². The normalized spacial score (nSPS) is 6.55. The fourth-order valence-corrected chi connectivity index (χ4v) is 0.204. The van der Waals surface area contributed by atoms with Gasteiger partial charge in [-0.3, -0.25) is 0 Å². The molecule has 0 heterocycles. The highest BCUT2D eigenvalue weighted by Crippen LogP contribution is 1.76. The predicted molar refractivity (Wildman–Crippen MR) is 59.9 cm³/mol. The van der Waals surface area contributed by atoms with Gasteiger partial charge in [0, 0.05) is 13.2 Å². The Bertz CT molecular complexity index is 33.3. The van der Waals surface area contributed by atoms with Crippen LogP contribution in [0.25, 0.3) is 0 Å². The average Bonchev–Trinajstić information content (AvgIpc) is 1.91. The number of hydrogen-bond acceptors (Lipinski definition) is 1. The molecule has 0 radical (unpaired) electrons. The second-order valence-corrected chi connectivity index (χ2v) is 1.78. The van der Waals surface area contributed by atoms with E-state index in [4.69, 9.17) is 4.74 Å². The largest absolute Gasteiger partial charge is 0.382 e. The molecule has 11 heavy (non-hydrogen) atoms. The van der Waals surface area contributed by atoms with Crippen LogP contribution < -0.4 is 0 Å². The minimum atomic E-state index is 0. The molecule has 0 saturated carbocycles. The first kappa shape index (κ1) is 22.6. The lowest BCUT2D eigenvalue weighted by Crippen LogP contribution is -1.84. The van der Waals surface area contributed by atoms with Crippen molar-refractivity contribution in [3.63, 3.8) is 0 Å². The maximum atomic E-state index is 4.83. The molecule has 0 unspecified atom stereocenters. The van der Waals surface area contributed by atoms with Crippen LogP contribution in [0.2, 0.25) is 0 Å². The molecule has 0 aromatic carbocycles. The molecule has 0 bridgehead atoms.